The number of aliphatic imine (C=N–C) groups is 1. The molecular weight excluding hydrogens is 272 g/mol. The molecule has 0 spiro atoms. The largest absolute Gasteiger partial charge is 0.481 e. The highest BCUT2D eigenvalue weighted by Gasteiger charge is 2.16. The molecule has 0 aliphatic carbocycles. The first-order chi connectivity index (χ1) is 9.14. The lowest BCUT2D eigenvalue weighted by Crippen LogP contribution is -2.27. The van der Waals surface area contributed by atoms with Crippen LogP contribution >= 0.6 is 12.2 Å². The van der Waals surface area contributed by atoms with Crippen molar-refractivity contribution in [2.75, 3.05) is 25.8 Å². The maximum Gasteiger partial charge on any atom is 0.467 e. The van der Waals surface area contributed by atoms with Crippen LogP contribution < -0.4 is 14.5 Å². The van der Waals surface area contributed by atoms with Gasteiger partial charge in [0.05, 0.1) is 32.0 Å². The van der Waals surface area contributed by atoms with Crippen molar-refractivity contribution in [2.45, 2.75) is 6.92 Å². The van der Waals surface area contributed by atoms with Crippen LogP contribution in [0.25, 0.3) is 0 Å². The molecule has 102 valence electrons. The molecule has 0 aromatic carbocycles. The van der Waals surface area contributed by atoms with E-state index >= 15 is 0 Å². The molecule has 0 saturated carbocycles. The summed E-state index contributed by atoms with van der Waals surface area (Å²) in [7, 11) is 2.90. The number of thiocarbonyl (C=S) groups is 1. The van der Waals surface area contributed by atoms with E-state index in [1.165, 1.54) is 20.3 Å². The first-order valence-corrected chi connectivity index (χ1v) is 5.59. The predicted octanol–water partition coefficient (Wildman–Crippen LogP) is 1.47. The summed E-state index contributed by atoms with van der Waals surface area (Å²) in [6, 6.07) is 1.49. The minimum absolute atomic E-state index is 0.103. The van der Waals surface area contributed by atoms with E-state index in [0.717, 1.165) is 5.06 Å². The van der Waals surface area contributed by atoms with E-state index in [0.29, 0.717) is 6.54 Å². The summed E-state index contributed by atoms with van der Waals surface area (Å²) >= 11 is 4.31. The standard InChI is InChI=1S/C10H12N4O4S/c1-4-14(18-10(15)11-6-19)9-12-7(16-2)5-8(13-9)17-3/h5H,4H2,1-3H3. The van der Waals surface area contributed by atoms with Gasteiger partial charge in [0, 0.05) is 0 Å². The van der Waals surface area contributed by atoms with Gasteiger partial charge in [-0.15, -0.1) is 4.99 Å². The van der Waals surface area contributed by atoms with Gasteiger partial charge in [0.2, 0.25) is 11.8 Å². The highest BCUT2D eigenvalue weighted by molar-refractivity contribution is 7.78. The van der Waals surface area contributed by atoms with Crippen LogP contribution in [0.15, 0.2) is 11.1 Å². The summed E-state index contributed by atoms with van der Waals surface area (Å²) in [5, 5.41) is 3.04. The van der Waals surface area contributed by atoms with Crippen LogP contribution in [0.4, 0.5) is 10.7 Å². The van der Waals surface area contributed by atoms with Crippen LogP contribution in [0.3, 0.4) is 0 Å². The second-order valence-corrected chi connectivity index (χ2v) is 3.19. The van der Waals surface area contributed by atoms with Crippen molar-refractivity contribution in [1.29, 1.82) is 0 Å². The van der Waals surface area contributed by atoms with Gasteiger partial charge in [-0.3, -0.25) is 0 Å². The number of anilines is 1. The van der Waals surface area contributed by atoms with Gasteiger partial charge < -0.3 is 14.3 Å². The second-order valence-electron chi connectivity index (χ2n) is 3.01. The Bertz CT molecular complexity index is 482. The van der Waals surface area contributed by atoms with E-state index in [2.05, 4.69) is 27.2 Å². The molecule has 9 heteroatoms. The van der Waals surface area contributed by atoms with Gasteiger partial charge in [-0.2, -0.15) is 15.0 Å². The number of amides is 1. The molecule has 0 unspecified atom stereocenters. The van der Waals surface area contributed by atoms with Crippen LogP contribution in [0.2, 0.25) is 0 Å². The molecule has 0 radical (unpaired) electrons. The third-order valence-corrected chi connectivity index (χ3v) is 2.01. The first kappa shape index (κ1) is 14.8. The number of isothiocyanates is 1. The normalized spacial score (nSPS) is 9.21. The quantitative estimate of drug-likeness (QED) is 0.456. The van der Waals surface area contributed by atoms with Gasteiger partial charge in [-0.1, -0.05) is 0 Å². The van der Waals surface area contributed by atoms with E-state index in [-0.39, 0.29) is 17.7 Å². The van der Waals surface area contributed by atoms with E-state index in [1.54, 1.807) is 6.92 Å². The van der Waals surface area contributed by atoms with Gasteiger partial charge in [0.1, 0.15) is 0 Å². The zero-order valence-corrected chi connectivity index (χ0v) is 11.4. The minimum Gasteiger partial charge on any atom is -0.481 e. The fourth-order valence-corrected chi connectivity index (χ4v) is 1.19. The van der Waals surface area contributed by atoms with Crippen molar-refractivity contribution in [2.24, 2.45) is 4.99 Å². The Morgan fingerprint density at radius 2 is 2.00 bits per heavy atom. The molecule has 0 saturated heterocycles. The highest BCUT2D eigenvalue weighted by atomic mass is 32.1. The van der Waals surface area contributed by atoms with E-state index in [1.807, 2.05) is 5.16 Å². The van der Waals surface area contributed by atoms with Crippen molar-refractivity contribution < 1.29 is 19.1 Å². The number of nitrogens with zero attached hydrogens (tertiary/aromatic N) is 4. The van der Waals surface area contributed by atoms with Crippen molar-refractivity contribution in [3.63, 3.8) is 0 Å². The number of aromatic nitrogens is 2. The zero-order valence-electron chi connectivity index (χ0n) is 10.6. The van der Waals surface area contributed by atoms with Gasteiger partial charge in [0.15, 0.2) is 0 Å². The number of ether oxygens (including phenoxy) is 2. The molecule has 0 bridgehead atoms. The maximum absolute atomic E-state index is 11.2. The monoisotopic (exact) mass is 284 g/mol. The fourth-order valence-electron chi connectivity index (χ4n) is 1.11. The molecule has 0 atom stereocenters. The molecule has 8 nitrogen and oxygen atoms in total. The smallest absolute Gasteiger partial charge is 0.467 e. The summed E-state index contributed by atoms with van der Waals surface area (Å²) in [4.78, 5) is 27.3. The number of carbonyl (C=O) groups is 1. The third kappa shape index (κ3) is 4.16. The van der Waals surface area contributed by atoms with Crippen molar-refractivity contribution in [3.05, 3.63) is 6.07 Å². The number of hydrogen-bond acceptors (Lipinski definition) is 8. The van der Waals surface area contributed by atoms with E-state index in [9.17, 15) is 4.79 Å². The summed E-state index contributed by atoms with van der Waals surface area (Å²) in [5.74, 6) is 0.649. The molecular formula is C10H12N4O4S. The van der Waals surface area contributed by atoms with E-state index < -0.39 is 6.09 Å². The average Bonchev–Trinajstić information content (AvgIpc) is 2.44. The Morgan fingerprint density at radius 1 is 1.42 bits per heavy atom. The summed E-state index contributed by atoms with van der Waals surface area (Å²) in [6.45, 7) is 2.04. The highest BCUT2D eigenvalue weighted by Crippen LogP contribution is 2.20. The lowest BCUT2D eigenvalue weighted by Gasteiger charge is -2.18. The fraction of sp³-hybridized carbons (Fsp3) is 0.400. The van der Waals surface area contributed by atoms with Gasteiger partial charge in [0.25, 0.3) is 5.95 Å². The average molecular weight is 284 g/mol. The van der Waals surface area contributed by atoms with Gasteiger partial charge in [-0.05, 0) is 19.1 Å². The predicted molar refractivity (Wildman–Crippen MR) is 69.7 cm³/mol. The number of hydrogen-bond donors (Lipinski definition) is 0. The van der Waals surface area contributed by atoms with Crippen LogP contribution in [0, 0.1) is 0 Å². The number of methoxy groups -OCH3 is 2. The SMILES string of the molecule is CCN(OC(=O)N=C=S)c1nc(OC)cc(OC)n1. The zero-order chi connectivity index (χ0) is 14.3. The molecule has 1 aromatic heterocycles. The Labute approximate surface area is 115 Å². The van der Waals surface area contributed by atoms with E-state index in [4.69, 9.17) is 14.3 Å². The molecule has 19 heavy (non-hydrogen) atoms. The second kappa shape index (κ2) is 7.24. The molecule has 0 aliphatic rings. The molecule has 1 aromatic rings. The van der Waals surface area contributed by atoms with Crippen molar-refractivity contribution >= 4 is 29.4 Å². The topological polar surface area (TPSA) is 86.1 Å². The Morgan fingerprint density at radius 3 is 2.42 bits per heavy atom. The van der Waals surface area contributed by atoms with Gasteiger partial charge >= 0.3 is 6.09 Å². The van der Waals surface area contributed by atoms with Gasteiger partial charge in [-0.25, -0.2) is 4.79 Å². The van der Waals surface area contributed by atoms with Crippen LogP contribution in [0.5, 0.6) is 11.8 Å². The summed E-state index contributed by atoms with van der Waals surface area (Å²) in [6.07, 6.45) is -0.915. The lowest BCUT2D eigenvalue weighted by atomic mass is 10.6. The number of carbonyl (C=O) groups excluding carboxylic acids is 1. The molecule has 1 amide bonds. The Balaban J connectivity index is 3.02. The third-order valence-electron chi connectivity index (χ3n) is 1.92. The van der Waals surface area contributed by atoms with Crippen LogP contribution in [-0.2, 0) is 4.84 Å². The summed E-state index contributed by atoms with van der Waals surface area (Å²) < 4.78 is 9.99. The number of rotatable bonds is 5. The number of hydroxylamine groups is 1. The van der Waals surface area contributed by atoms with Crippen LogP contribution in [-0.4, -0.2) is 42.0 Å². The lowest BCUT2D eigenvalue weighted by molar-refractivity contribution is 0.142. The minimum atomic E-state index is -0.915. The van der Waals surface area contributed by atoms with Crippen LogP contribution in [0.1, 0.15) is 6.92 Å². The Kier molecular flexibility index (Phi) is 5.65. The molecule has 0 fully saturated rings. The summed E-state index contributed by atoms with van der Waals surface area (Å²) in [5.41, 5.74) is 0. The molecule has 1 rings (SSSR count). The van der Waals surface area contributed by atoms with Crippen molar-refractivity contribution in [3.8, 4) is 11.8 Å². The Hall–Kier alpha value is -2.25. The van der Waals surface area contributed by atoms with Crippen molar-refractivity contribution in [1.82, 2.24) is 9.97 Å². The first-order valence-electron chi connectivity index (χ1n) is 5.19. The molecule has 1 heterocycles. The molecule has 0 aliphatic heterocycles. The maximum atomic E-state index is 11.2. The molecule has 0 N–H and O–H groups in total.